The molecule has 0 aromatic rings. The molecule has 0 bridgehead atoms. The van der Waals surface area contributed by atoms with Crippen LogP contribution in [0.2, 0.25) is 6.04 Å². The first-order chi connectivity index (χ1) is 6.79. The van der Waals surface area contributed by atoms with Gasteiger partial charge in [0, 0.05) is 25.8 Å². The van der Waals surface area contributed by atoms with Gasteiger partial charge in [0.15, 0.2) is 0 Å². The Labute approximate surface area is 88.0 Å². The van der Waals surface area contributed by atoms with Crippen LogP contribution < -0.4 is 0 Å². The molecule has 1 aliphatic heterocycles. The lowest BCUT2D eigenvalue weighted by atomic mass is 10.5. The average molecular weight is 215 g/mol. The van der Waals surface area contributed by atoms with Gasteiger partial charge in [-0.25, -0.2) is 0 Å². The van der Waals surface area contributed by atoms with Crippen molar-refractivity contribution in [2.45, 2.75) is 26.3 Å². The van der Waals surface area contributed by atoms with Crippen LogP contribution in [0.25, 0.3) is 0 Å². The Morgan fingerprint density at radius 3 is 2.50 bits per heavy atom. The third kappa shape index (κ3) is 2.45. The molecule has 0 aromatic heterocycles. The highest BCUT2D eigenvalue weighted by molar-refractivity contribution is 6.65. The first-order valence-electron chi connectivity index (χ1n) is 5.43. The summed E-state index contributed by atoms with van der Waals surface area (Å²) < 4.78 is 14.1. The Morgan fingerprint density at radius 2 is 2.00 bits per heavy atom. The lowest BCUT2D eigenvalue weighted by molar-refractivity contribution is 0.141. The minimum atomic E-state index is -2.02. The highest BCUT2D eigenvalue weighted by Crippen LogP contribution is 2.27. The van der Waals surface area contributed by atoms with Crippen molar-refractivity contribution in [2.75, 3.05) is 26.3 Å². The smallest absolute Gasteiger partial charge is 0.383 e. The molecular formula is C10H21NO2Si. The van der Waals surface area contributed by atoms with E-state index < -0.39 is 8.72 Å². The van der Waals surface area contributed by atoms with Crippen LogP contribution in [0.15, 0.2) is 12.7 Å². The van der Waals surface area contributed by atoms with Gasteiger partial charge in [-0.3, -0.25) is 4.57 Å². The fraction of sp³-hybridized carbons (Fsp3) is 0.800. The molecule has 0 radical (unpaired) electrons. The molecule has 0 saturated carbocycles. The Hall–Kier alpha value is -0.163. The Morgan fingerprint density at radius 1 is 1.36 bits per heavy atom. The zero-order chi connectivity index (χ0) is 10.4. The van der Waals surface area contributed by atoms with Gasteiger partial charge in [-0.15, -0.1) is 6.58 Å². The molecule has 1 rings (SSSR count). The zero-order valence-corrected chi connectivity index (χ0v) is 10.3. The van der Waals surface area contributed by atoms with Crippen molar-refractivity contribution in [3.8, 4) is 0 Å². The molecule has 1 aliphatic rings. The standard InChI is InChI=1S/C10H21NO2Si/c1-4-8-11-9-7-10-14(11,12-5-2)13-6-3/h4H,1,5-10H2,2-3H3. The van der Waals surface area contributed by atoms with Gasteiger partial charge in [0.2, 0.25) is 0 Å². The predicted octanol–water partition coefficient (Wildman–Crippen LogP) is 1.89. The van der Waals surface area contributed by atoms with Gasteiger partial charge in [0.05, 0.1) is 0 Å². The first-order valence-corrected chi connectivity index (χ1v) is 7.40. The summed E-state index contributed by atoms with van der Waals surface area (Å²) in [6.45, 7) is 11.3. The van der Waals surface area contributed by atoms with Crippen molar-refractivity contribution in [1.29, 1.82) is 0 Å². The van der Waals surface area contributed by atoms with E-state index in [0.29, 0.717) is 0 Å². The normalized spacial score (nSPS) is 21.3. The van der Waals surface area contributed by atoms with Crippen LogP contribution in [-0.2, 0) is 8.85 Å². The van der Waals surface area contributed by atoms with Gasteiger partial charge in [0.25, 0.3) is 0 Å². The van der Waals surface area contributed by atoms with E-state index in [-0.39, 0.29) is 0 Å². The van der Waals surface area contributed by atoms with E-state index in [0.717, 1.165) is 32.3 Å². The first kappa shape index (κ1) is 11.9. The van der Waals surface area contributed by atoms with E-state index in [1.54, 1.807) is 0 Å². The highest BCUT2D eigenvalue weighted by atomic mass is 28.4. The van der Waals surface area contributed by atoms with Gasteiger partial charge in [0.1, 0.15) is 0 Å². The van der Waals surface area contributed by atoms with Crippen LogP contribution >= 0.6 is 0 Å². The van der Waals surface area contributed by atoms with Gasteiger partial charge in [-0.1, -0.05) is 6.08 Å². The van der Waals surface area contributed by atoms with Crippen LogP contribution in [0.3, 0.4) is 0 Å². The molecule has 3 nitrogen and oxygen atoms in total. The lowest BCUT2D eigenvalue weighted by Crippen LogP contribution is -2.54. The molecule has 0 aliphatic carbocycles. The summed E-state index contributed by atoms with van der Waals surface area (Å²) in [5.74, 6) is 0. The van der Waals surface area contributed by atoms with E-state index in [1.807, 2.05) is 19.9 Å². The fourth-order valence-electron chi connectivity index (χ4n) is 2.03. The number of rotatable bonds is 6. The Kier molecular flexibility index (Phi) is 4.81. The van der Waals surface area contributed by atoms with Crippen LogP contribution in [0.1, 0.15) is 20.3 Å². The maximum atomic E-state index is 5.89. The number of hydrogen-bond donors (Lipinski definition) is 0. The van der Waals surface area contributed by atoms with Gasteiger partial charge in [-0.05, 0) is 26.8 Å². The molecule has 4 heteroatoms. The minimum absolute atomic E-state index is 0.750. The molecule has 0 spiro atoms. The van der Waals surface area contributed by atoms with Crippen LogP contribution in [-0.4, -0.2) is 39.6 Å². The summed E-state index contributed by atoms with van der Waals surface area (Å²) in [5.41, 5.74) is 0. The molecule has 82 valence electrons. The zero-order valence-electron chi connectivity index (χ0n) is 9.29. The summed E-state index contributed by atoms with van der Waals surface area (Å²) in [7, 11) is -2.02. The third-order valence-corrected chi connectivity index (χ3v) is 6.33. The summed E-state index contributed by atoms with van der Waals surface area (Å²) in [5, 5.41) is 0. The summed E-state index contributed by atoms with van der Waals surface area (Å²) in [4.78, 5) is 0. The van der Waals surface area contributed by atoms with Crippen molar-refractivity contribution in [3.63, 3.8) is 0 Å². The summed E-state index contributed by atoms with van der Waals surface area (Å²) in [6, 6.07) is 1.10. The second-order valence-corrected chi connectivity index (χ2v) is 6.55. The Balaban J connectivity index is 2.66. The maximum absolute atomic E-state index is 5.89. The van der Waals surface area contributed by atoms with Crippen molar-refractivity contribution < 1.29 is 8.85 Å². The monoisotopic (exact) mass is 215 g/mol. The predicted molar refractivity (Wildman–Crippen MR) is 60.2 cm³/mol. The topological polar surface area (TPSA) is 21.7 Å². The third-order valence-electron chi connectivity index (χ3n) is 2.49. The minimum Gasteiger partial charge on any atom is -0.383 e. The molecular weight excluding hydrogens is 194 g/mol. The van der Waals surface area contributed by atoms with Crippen molar-refractivity contribution in [3.05, 3.63) is 12.7 Å². The molecule has 0 aromatic carbocycles. The van der Waals surface area contributed by atoms with Crippen molar-refractivity contribution in [2.24, 2.45) is 0 Å². The molecule has 0 amide bonds. The number of hydrogen-bond acceptors (Lipinski definition) is 3. The number of nitrogens with zero attached hydrogens (tertiary/aromatic N) is 1. The Bertz CT molecular complexity index is 181. The van der Waals surface area contributed by atoms with E-state index >= 15 is 0 Å². The quantitative estimate of drug-likeness (QED) is 0.499. The van der Waals surface area contributed by atoms with Crippen LogP contribution in [0.4, 0.5) is 0 Å². The summed E-state index contributed by atoms with van der Waals surface area (Å²) in [6.07, 6.45) is 3.13. The molecule has 1 heterocycles. The molecule has 1 fully saturated rings. The molecule has 1 saturated heterocycles. The van der Waals surface area contributed by atoms with E-state index in [1.165, 1.54) is 6.42 Å². The largest absolute Gasteiger partial charge is 0.428 e. The average Bonchev–Trinajstić information content (AvgIpc) is 2.51. The van der Waals surface area contributed by atoms with Crippen LogP contribution in [0, 0.1) is 0 Å². The van der Waals surface area contributed by atoms with Gasteiger partial charge < -0.3 is 8.85 Å². The molecule has 0 N–H and O–H groups in total. The molecule has 0 unspecified atom stereocenters. The van der Waals surface area contributed by atoms with E-state index in [9.17, 15) is 0 Å². The lowest BCUT2D eigenvalue weighted by Gasteiger charge is -2.33. The van der Waals surface area contributed by atoms with Crippen LogP contribution in [0.5, 0.6) is 0 Å². The van der Waals surface area contributed by atoms with Gasteiger partial charge >= 0.3 is 8.72 Å². The second-order valence-electron chi connectivity index (χ2n) is 3.42. The summed E-state index contributed by atoms with van der Waals surface area (Å²) >= 11 is 0. The highest BCUT2D eigenvalue weighted by Gasteiger charge is 2.47. The second kappa shape index (κ2) is 5.65. The SMILES string of the molecule is C=CCN1CCC[Si]1(OCC)OCC. The fourth-order valence-corrected chi connectivity index (χ4v) is 5.49. The van der Waals surface area contributed by atoms with E-state index in [4.69, 9.17) is 8.85 Å². The van der Waals surface area contributed by atoms with Crippen molar-refractivity contribution in [1.82, 2.24) is 4.57 Å². The maximum Gasteiger partial charge on any atom is 0.428 e. The van der Waals surface area contributed by atoms with Gasteiger partial charge in [-0.2, -0.15) is 0 Å². The van der Waals surface area contributed by atoms with Crippen molar-refractivity contribution >= 4 is 8.72 Å². The molecule has 14 heavy (non-hydrogen) atoms. The van der Waals surface area contributed by atoms with E-state index in [2.05, 4.69) is 11.1 Å². The molecule has 0 atom stereocenters.